The monoisotopic (exact) mass is 540 g/mol. The molecule has 2 aliphatic rings. The fourth-order valence-electron chi connectivity index (χ4n) is 4.83. The van der Waals surface area contributed by atoms with Crippen LogP contribution in [0.3, 0.4) is 0 Å². The second-order valence-corrected chi connectivity index (χ2v) is 11.5. The number of hydrogen-bond donors (Lipinski definition) is 0. The zero-order valence-corrected chi connectivity index (χ0v) is 22.5. The Bertz CT molecular complexity index is 1400. The molecule has 2 aromatic carbocycles. The summed E-state index contributed by atoms with van der Waals surface area (Å²) >= 11 is 1.53. The van der Waals surface area contributed by atoms with Gasteiger partial charge >= 0.3 is 11.9 Å². The lowest BCUT2D eigenvalue weighted by Gasteiger charge is -2.40. The number of aromatic nitrogens is 1. The summed E-state index contributed by atoms with van der Waals surface area (Å²) in [6.07, 6.45) is 4.06. The van der Waals surface area contributed by atoms with Crippen molar-refractivity contribution in [3.05, 3.63) is 120 Å². The predicted molar refractivity (Wildman–Crippen MR) is 150 cm³/mol. The van der Waals surface area contributed by atoms with E-state index in [0.29, 0.717) is 16.8 Å². The van der Waals surface area contributed by atoms with E-state index in [2.05, 4.69) is 11.6 Å². The fraction of sp³-hybridized carbons (Fsp3) is 0.226. The van der Waals surface area contributed by atoms with E-state index < -0.39 is 28.8 Å². The average molecular weight is 541 g/mol. The third kappa shape index (κ3) is 5.25. The molecule has 1 unspecified atom stereocenters. The van der Waals surface area contributed by atoms with Crippen LogP contribution in [0.5, 0.6) is 0 Å². The second-order valence-electron chi connectivity index (χ2n) is 9.78. The molecule has 2 aliphatic heterocycles. The van der Waals surface area contributed by atoms with Gasteiger partial charge < -0.3 is 14.4 Å². The zero-order valence-electron chi connectivity index (χ0n) is 21.7. The van der Waals surface area contributed by atoms with Crippen molar-refractivity contribution in [2.75, 3.05) is 6.61 Å². The van der Waals surface area contributed by atoms with Gasteiger partial charge in [0.05, 0.1) is 16.8 Å². The van der Waals surface area contributed by atoms with Crippen LogP contribution in [0.25, 0.3) is 6.08 Å². The largest absolute Gasteiger partial charge is 0.458 e. The summed E-state index contributed by atoms with van der Waals surface area (Å²) in [6.45, 7) is 7.54. The molecule has 39 heavy (non-hydrogen) atoms. The van der Waals surface area contributed by atoms with E-state index in [9.17, 15) is 14.4 Å². The molecular formula is C31H28N2O5S. The van der Waals surface area contributed by atoms with Gasteiger partial charge in [0.1, 0.15) is 18.0 Å². The quantitative estimate of drug-likeness (QED) is 0.168. The molecule has 2 saturated heterocycles. The van der Waals surface area contributed by atoms with Crippen molar-refractivity contribution in [1.82, 2.24) is 9.88 Å². The Morgan fingerprint density at radius 1 is 1.08 bits per heavy atom. The molecule has 198 valence electrons. The number of amides is 1. The Balaban J connectivity index is 1.38. The van der Waals surface area contributed by atoms with Crippen LogP contribution in [0.15, 0.2) is 97.2 Å². The third-order valence-corrected chi connectivity index (χ3v) is 8.20. The van der Waals surface area contributed by atoms with Crippen molar-refractivity contribution >= 4 is 35.7 Å². The first kappa shape index (κ1) is 26.4. The first-order valence-corrected chi connectivity index (χ1v) is 13.4. The lowest BCUT2D eigenvalue weighted by Crippen LogP contribution is -2.58. The Morgan fingerprint density at radius 3 is 2.33 bits per heavy atom. The molecule has 1 aromatic heterocycles. The highest BCUT2D eigenvalue weighted by Crippen LogP contribution is 2.54. The van der Waals surface area contributed by atoms with Crippen molar-refractivity contribution in [3.8, 4) is 0 Å². The number of ether oxygens (including phenoxy) is 2. The summed E-state index contributed by atoms with van der Waals surface area (Å²) in [5.41, 5.74) is 3.02. The summed E-state index contributed by atoms with van der Waals surface area (Å²) in [7, 11) is 0. The van der Waals surface area contributed by atoms with E-state index in [1.54, 1.807) is 23.1 Å². The number of carbonyl (C=O) groups is 3. The number of nitrogens with zero attached hydrogens (tertiary/aromatic N) is 2. The van der Waals surface area contributed by atoms with Gasteiger partial charge in [-0.25, -0.2) is 9.59 Å². The maximum atomic E-state index is 13.7. The highest BCUT2D eigenvalue weighted by Gasteiger charge is 2.62. The van der Waals surface area contributed by atoms with Crippen LogP contribution >= 0.6 is 11.8 Å². The van der Waals surface area contributed by atoms with Crippen molar-refractivity contribution in [1.29, 1.82) is 0 Å². The van der Waals surface area contributed by atoms with E-state index in [0.717, 1.165) is 11.1 Å². The number of rotatable bonds is 8. The third-order valence-electron chi connectivity index (χ3n) is 6.67. The molecule has 3 heterocycles. The molecule has 0 N–H and O–H groups in total. The second kappa shape index (κ2) is 10.9. The Hall–Kier alpha value is -4.17. The number of carbonyl (C=O) groups excluding carboxylic acids is 3. The Kier molecular flexibility index (Phi) is 7.39. The highest BCUT2D eigenvalue weighted by atomic mass is 32.2. The van der Waals surface area contributed by atoms with E-state index in [4.69, 9.17) is 9.47 Å². The number of esters is 2. The minimum Gasteiger partial charge on any atom is -0.458 e. The molecule has 0 bridgehead atoms. The maximum absolute atomic E-state index is 13.7. The van der Waals surface area contributed by atoms with Crippen molar-refractivity contribution in [3.63, 3.8) is 0 Å². The molecule has 2 atom stereocenters. The van der Waals surface area contributed by atoms with E-state index in [-0.39, 0.29) is 17.9 Å². The van der Waals surface area contributed by atoms with Crippen LogP contribution < -0.4 is 0 Å². The van der Waals surface area contributed by atoms with Crippen LogP contribution in [0.2, 0.25) is 0 Å². The molecule has 0 aliphatic carbocycles. The number of thioether (sulfide) groups is 1. The summed E-state index contributed by atoms with van der Waals surface area (Å²) in [6, 6.07) is 21.5. The van der Waals surface area contributed by atoms with Crippen molar-refractivity contribution in [2.24, 2.45) is 0 Å². The number of fused-ring (bicyclic) bond motifs is 1. The zero-order chi connectivity index (χ0) is 27.6. The molecule has 1 amide bonds. The first-order chi connectivity index (χ1) is 18.8. The number of pyridine rings is 1. The van der Waals surface area contributed by atoms with Gasteiger partial charge in [0, 0.05) is 10.9 Å². The normalized spacial score (nSPS) is 20.3. The van der Waals surface area contributed by atoms with Gasteiger partial charge in [-0.3, -0.25) is 9.78 Å². The molecule has 5 rings (SSSR count). The summed E-state index contributed by atoms with van der Waals surface area (Å²) in [5, 5.41) is -0.324. The average Bonchev–Trinajstić information content (AvgIpc) is 3.21. The smallest absolute Gasteiger partial charge is 0.338 e. The molecule has 8 heteroatoms. The molecule has 2 fully saturated rings. The number of β-lactam (4-membered cyclic amide) rings is 1. The lowest BCUT2D eigenvalue weighted by molar-refractivity contribution is -0.160. The fourth-order valence-corrected chi connectivity index (χ4v) is 6.37. The number of benzene rings is 2. The maximum Gasteiger partial charge on any atom is 0.338 e. The van der Waals surface area contributed by atoms with Gasteiger partial charge in [0.25, 0.3) is 5.91 Å². The van der Waals surface area contributed by atoms with Gasteiger partial charge in [-0.1, -0.05) is 73.3 Å². The van der Waals surface area contributed by atoms with Gasteiger partial charge in [-0.05, 0) is 43.2 Å². The molecule has 0 radical (unpaired) electrons. The summed E-state index contributed by atoms with van der Waals surface area (Å²) in [5.74, 6) is -1.20. The summed E-state index contributed by atoms with van der Waals surface area (Å²) in [4.78, 5) is 45.2. The van der Waals surface area contributed by atoms with Crippen molar-refractivity contribution in [2.45, 2.75) is 36.1 Å². The van der Waals surface area contributed by atoms with Gasteiger partial charge in [-0.2, -0.15) is 0 Å². The Morgan fingerprint density at radius 2 is 1.72 bits per heavy atom. The van der Waals surface area contributed by atoms with Gasteiger partial charge in [-0.15, -0.1) is 11.8 Å². The molecule has 0 spiro atoms. The van der Waals surface area contributed by atoms with Crippen LogP contribution in [0.4, 0.5) is 0 Å². The summed E-state index contributed by atoms with van der Waals surface area (Å²) < 4.78 is 10.6. The standard InChI is InChI=1S/C31H28N2O5S/c1-4-17-37-29(35)22-15-16-32-23(18-22)19-24-27(34)33-26(31(2,3)39-28(24)33)30(36)38-25(20-11-7-5-8-12-20)21-13-9-6-10-14-21/h4-16,18-19,25-26,28H,1,17H2,2-3H3/b24-19-/t26-,28?/m0/s1. The SMILES string of the molecule is C=CCOC(=O)c1ccnc(/C=C2/C(=O)N3C2SC(C)(C)[C@@H]3C(=O)OC(c2ccccc2)c2ccccc2)c1. The van der Waals surface area contributed by atoms with Crippen LogP contribution in [-0.4, -0.2) is 50.5 Å². The molecule has 0 saturated carbocycles. The van der Waals surface area contributed by atoms with E-state index >= 15 is 0 Å². The van der Waals surface area contributed by atoms with Gasteiger partial charge in [0.15, 0.2) is 6.10 Å². The van der Waals surface area contributed by atoms with E-state index in [1.807, 2.05) is 74.5 Å². The van der Waals surface area contributed by atoms with Crippen LogP contribution in [0.1, 0.15) is 47.1 Å². The highest BCUT2D eigenvalue weighted by molar-refractivity contribution is 8.01. The molecule has 7 nitrogen and oxygen atoms in total. The Labute approximate surface area is 231 Å². The van der Waals surface area contributed by atoms with Gasteiger partial charge in [0.2, 0.25) is 0 Å². The topological polar surface area (TPSA) is 85.8 Å². The first-order valence-electron chi connectivity index (χ1n) is 12.6. The number of hydrogen-bond acceptors (Lipinski definition) is 7. The molecular weight excluding hydrogens is 512 g/mol. The van der Waals surface area contributed by atoms with E-state index in [1.165, 1.54) is 24.0 Å². The van der Waals surface area contributed by atoms with Crippen LogP contribution in [-0.2, 0) is 19.1 Å². The predicted octanol–water partition coefficient (Wildman–Crippen LogP) is 5.20. The van der Waals surface area contributed by atoms with Crippen LogP contribution in [0, 0.1) is 0 Å². The minimum absolute atomic E-state index is 0.103. The van der Waals surface area contributed by atoms with Crippen molar-refractivity contribution < 1.29 is 23.9 Å². The molecule has 3 aromatic rings. The minimum atomic E-state index is -0.764. The lowest BCUT2D eigenvalue weighted by atomic mass is 9.94.